The molecule has 1 aromatic rings. The first-order valence-corrected chi connectivity index (χ1v) is 7.03. The monoisotopic (exact) mass is 284 g/mol. The quantitative estimate of drug-likeness (QED) is 0.859. The summed E-state index contributed by atoms with van der Waals surface area (Å²) >= 11 is 5.84. The average Bonchev–Trinajstić information content (AvgIpc) is 2.41. The van der Waals surface area contributed by atoms with Crippen molar-refractivity contribution >= 4 is 23.3 Å². The summed E-state index contributed by atoms with van der Waals surface area (Å²) in [6.45, 7) is 0.685. The first-order valence-electron chi connectivity index (χ1n) is 6.65. The number of anilines is 1. The van der Waals surface area contributed by atoms with Gasteiger partial charge in [-0.3, -0.25) is 0 Å². The summed E-state index contributed by atoms with van der Waals surface area (Å²) in [5.41, 5.74) is 0.421. The molecule has 19 heavy (non-hydrogen) atoms. The van der Waals surface area contributed by atoms with E-state index < -0.39 is 5.82 Å². The van der Waals surface area contributed by atoms with Crippen LogP contribution in [0.15, 0.2) is 18.2 Å². The molecule has 0 radical (unpaired) electrons. The molecule has 2 rings (SSSR count). The fourth-order valence-corrected chi connectivity index (χ4v) is 2.60. The lowest BCUT2D eigenvalue weighted by atomic mass is 9.89. The predicted molar refractivity (Wildman–Crippen MR) is 75.0 cm³/mol. The SMILES string of the molecule is O=C(NCC1CCCCC1)Nc1ccc(F)cc1Cl. The van der Waals surface area contributed by atoms with E-state index >= 15 is 0 Å². The average molecular weight is 285 g/mol. The van der Waals surface area contributed by atoms with Crippen molar-refractivity contribution in [3.63, 3.8) is 0 Å². The van der Waals surface area contributed by atoms with E-state index in [1.165, 1.54) is 50.3 Å². The normalized spacial score (nSPS) is 16.1. The maximum atomic E-state index is 12.9. The molecule has 5 heteroatoms. The Bertz CT molecular complexity index is 447. The number of benzene rings is 1. The molecule has 0 saturated heterocycles. The van der Waals surface area contributed by atoms with Gasteiger partial charge in [0.25, 0.3) is 0 Å². The van der Waals surface area contributed by atoms with Gasteiger partial charge in [0.2, 0.25) is 0 Å². The number of carbonyl (C=O) groups is 1. The molecule has 0 atom stereocenters. The van der Waals surface area contributed by atoms with Gasteiger partial charge in [0.15, 0.2) is 0 Å². The van der Waals surface area contributed by atoms with Gasteiger partial charge in [0, 0.05) is 6.54 Å². The lowest BCUT2D eigenvalue weighted by Crippen LogP contribution is -2.33. The third kappa shape index (κ3) is 4.39. The van der Waals surface area contributed by atoms with Crippen LogP contribution in [0.4, 0.5) is 14.9 Å². The van der Waals surface area contributed by atoms with Crippen LogP contribution in [0, 0.1) is 11.7 Å². The Kier molecular flexibility index (Phi) is 5.02. The molecule has 1 aliphatic carbocycles. The van der Waals surface area contributed by atoms with Gasteiger partial charge in [-0.25, -0.2) is 9.18 Å². The minimum atomic E-state index is -0.418. The van der Waals surface area contributed by atoms with Crippen molar-refractivity contribution in [2.75, 3.05) is 11.9 Å². The van der Waals surface area contributed by atoms with Crippen LogP contribution in [-0.2, 0) is 0 Å². The van der Waals surface area contributed by atoms with Crippen LogP contribution < -0.4 is 10.6 Å². The van der Waals surface area contributed by atoms with Gasteiger partial charge in [-0.15, -0.1) is 0 Å². The standard InChI is InChI=1S/C14H18ClFN2O/c15-12-8-11(16)6-7-13(12)18-14(19)17-9-10-4-2-1-3-5-10/h6-8,10H,1-5,9H2,(H2,17,18,19). The molecule has 2 amide bonds. The highest BCUT2D eigenvalue weighted by Crippen LogP contribution is 2.23. The van der Waals surface area contributed by atoms with Crippen molar-refractivity contribution in [2.45, 2.75) is 32.1 Å². The van der Waals surface area contributed by atoms with Crippen molar-refractivity contribution in [3.05, 3.63) is 29.0 Å². The summed E-state index contributed by atoms with van der Waals surface area (Å²) in [6.07, 6.45) is 6.15. The van der Waals surface area contributed by atoms with Crippen molar-refractivity contribution in [1.29, 1.82) is 0 Å². The number of nitrogens with one attached hydrogen (secondary N) is 2. The number of rotatable bonds is 3. The molecule has 0 spiro atoms. The van der Waals surface area contributed by atoms with E-state index in [2.05, 4.69) is 10.6 Å². The smallest absolute Gasteiger partial charge is 0.319 e. The molecule has 3 nitrogen and oxygen atoms in total. The Morgan fingerprint density at radius 3 is 2.74 bits per heavy atom. The van der Waals surface area contributed by atoms with Crippen LogP contribution in [-0.4, -0.2) is 12.6 Å². The number of hydrogen-bond acceptors (Lipinski definition) is 1. The summed E-state index contributed by atoms with van der Waals surface area (Å²) in [4.78, 5) is 11.7. The maximum absolute atomic E-state index is 12.9. The Morgan fingerprint density at radius 1 is 1.32 bits per heavy atom. The van der Waals surface area contributed by atoms with Crippen LogP contribution in [0.25, 0.3) is 0 Å². The zero-order valence-corrected chi connectivity index (χ0v) is 11.5. The van der Waals surface area contributed by atoms with E-state index in [0.717, 1.165) is 0 Å². The highest BCUT2D eigenvalue weighted by atomic mass is 35.5. The lowest BCUT2D eigenvalue weighted by Gasteiger charge is -2.21. The van der Waals surface area contributed by atoms with Crippen LogP contribution >= 0.6 is 11.6 Å². The second kappa shape index (κ2) is 6.75. The minimum Gasteiger partial charge on any atom is -0.338 e. The molecule has 104 valence electrons. The molecule has 1 fully saturated rings. The topological polar surface area (TPSA) is 41.1 Å². The van der Waals surface area contributed by atoms with E-state index in [9.17, 15) is 9.18 Å². The van der Waals surface area contributed by atoms with Crippen LogP contribution in [0.5, 0.6) is 0 Å². The molecule has 1 saturated carbocycles. The van der Waals surface area contributed by atoms with Crippen LogP contribution in [0.1, 0.15) is 32.1 Å². The Labute approximate surface area is 117 Å². The zero-order valence-electron chi connectivity index (χ0n) is 10.7. The molecular weight excluding hydrogens is 267 g/mol. The first-order chi connectivity index (χ1) is 9.15. The Hall–Kier alpha value is -1.29. The Morgan fingerprint density at radius 2 is 2.05 bits per heavy atom. The predicted octanol–water partition coefficient (Wildman–Crippen LogP) is 4.18. The largest absolute Gasteiger partial charge is 0.338 e. The van der Waals surface area contributed by atoms with Crippen LogP contribution in [0.3, 0.4) is 0 Å². The molecule has 0 aromatic heterocycles. The highest BCUT2D eigenvalue weighted by Gasteiger charge is 2.14. The molecule has 0 heterocycles. The molecule has 0 unspecified atom stereocenters. The molecule has 2 N–H and O–H groups in total. The van der Waals surface area contributed by atoms with Gasteiger partial charge in [0.05, 0.1) is 10.7 Å². The second-order valence-electron chi connectivity index (χ2n) is 4.96. The van der Waals surface area contributed by atoms with Gasteiger partial charge in [-0.1, -0.05) is 30.9 Å². The van der Waals surface area contributed by atoms with Gasteiger partial charge < -0.3 is 10.6 Å². The summed E-state index contributed by atoms with van der Waals surface area (Å²) in [7, 11) is 0. The van der Waals surface area contributed by atoms with E-state index in [1.807, 2.05) is 0 Å². The van der Waals surface area contributed by atoms with Gasteiger partial charge in [0.1, 0.15) is 5.82 Å². The first kappa shape index (κ1) is 14.1. The van der Waals surface area contributed by atoms with Crippen LogP contribution in [0.2, 0.25) is 5.02 Å². The molecule has 0 aliphatic heterocycles. The van der Waals surface area contributed by atoms with E-state index in [4.69, 9.17) is 11.6 Å². The molecule has 1 aliphatic rings. The summed E-state index contributed by atoms with van der Waals surface area (Å²) in [5, 5.41) is 5.67. The minimum absolute atomic E-state index is 0.202. The molecular formula is C14H18ClFN2O. The molecule has 1 aromatic carbocycles. The van der Waals surface area contributed by atoms with Crippen molar-refractivity contribution < 1.29 is 9.18 Å². The maximum Gasteiger partial charge on any atom is 0.319 e. The van der Waals surface area contributed by atoms with E-state index in [1.54, 1.807) is 0 Å². The van der Waals surface area contributed by atoms with Gasteiger partial charge >= 0.3 is 6.03 Å². The lowest BCUT2D eigenvalue weighted by molar-refractivity contribution is 0.247. The van der Waals surface area contributed by atoms with Crippen molar-refractivity contribution in [2.24, 2.45) is 5.92 Å². The number of halogens is 2. The zero-order chi connectivity index (χ0) is 13.7. The summed E-state index contributed by atoms with van der Waals surface area (Å²) in [6, 6.07) is 3.61. The summed E-state index contributed by atoms with van der Waals surface area (Å²) < 4.78 is 12.9. The fourth-order valence-electron chi connectivity index (χ4n) is 2.39. The Balaban J connectivity index is 1.80. The summed E-state index contributed by atoms with van der Waals surface area (Å²) in [5.74, 6) is 0.154. The van der Waals surface area contributed by atoms with E-state index in [-0.39, 0.29) is 11.1 Å². The number of amides is 2. The third-order valence-electron chi connectivity index (χ3n) is 3.46. The van der Waals surface area contributed by atoms with Crippen molar-refractivity contribution in [1.82, 2.24) is 5.32 Å². The van der Waals surface area contributed by atoms with Gasteiger partial charge in [-0.05, 0) is 37.0 Å². The third-order valence-corrected chi connectivity index (χ3v) is 3.77. The number of carbonyl (C=O) groups excluding carboxylic acids is 1. The second-order valence-corrected chi connectivity index (χ2v) is 5.37. The fraction of sp³-hybridized carbons (Fsp3) is 0.500. The van der Waals surface area contributed by atoms with Crippen molar-refractivity contribution in [3.8, 4) is 0 Å². The highest BCUT2D eigenvalue weighted by molar-refractivity contribution is 6.33. The number of urea groups is 1. The molecule has 0 bridgehead atoms. The van der Waals surface area contributed by atoms with E-state index in [0.29, 0.717) is 18.2 Å². The van der Waals surface area contributed by atoms with Gasteiger partial charge in [-0.2, -0.15) is 0 Å². The number of hydrogen-bond donors (Lipinski definition) is 2.